The number of allylic oxidation sites excluding steroid dienone is 1. The lowest BCUT2D eigenvalue weighted by atomic mass is 10.1. The molecule has 0 unspecified atom stereocenters. The van der Waals surface area contributed by atoms with Gasteiger partial charge in [0.1, 0.15) is 0 Å². The van der Waals surface area contributed by atoms with Crippen LogP contribution >= 0.6 is 0 Å². The van der Waals surface area contributed by atoms with Gasteiger partial charge in [-0.05, 0) is 6.08 Å². The van der Waals surface area contributed by atoms with E-state index < -0.39 is 0 Å². The first-order chi connectivity index (χ1) is 4.97. The van der Waals surface area contributed by atoms with Gasteiger partial charge in [-0.1, -0.05) is 5.16 Å². The van der Waals surface area contributed by atoms with Crippen molar-refractivity contribution >= 4 is 6.21 Å². The topological polar surface area (TPSA) is 33.6 Å². The Morgan fingerprint density at radius 3 is 3.50 bits per heavy atom. The van der Waals surface area contributed by atoms with Gasteiger partial charge in [0.15, 0.2) is 5.76 Å². The number of rotatable bonds is 0. The molecule has 0 saturated heterocycles. The minimum Gasteiger partial charge on any atom is -0.387 e. The molecule has 10 heavy (non-hydrogen) atoms. The van der Waals surface area contributed by atoms with Gasteiger partial charge in [-0.3, -0.25) is 0 Å². The van der Waals surface area contributed by atoms with Crippen LogP contribution in [0.1, 0.15) is 6.42 Å². The Hall–Kier alpha value is -1.25. The van der Waals surface area contributed by atoms with Crippen molar-refractivity contribution in [3.8, 4) is 0 Å². The highest BCUT2D eigenvalue weighted by molar-refractivity contribution is 5.64. The summed E-state index contributed by atoms with van der Waals surface area (Å²) in [5.41, 5.74) is 1.18. The second-order valence-electron chi connectivity index (χ2n) is 2.23. The molecule has 3 heteroatoms. The van der Waals surface area contributed by atoms with Crippen molar-refractivity contribution in [2.24, 2.45) is 5.16 Å². The predicted molar refractivity (Wildman–Crippen MR) is 38.4 cm³/mol. The first kappa shape index (κ1) is 5.53. The van der Waals surface area contributed by atoms with E-state index in [2.05, 4.69) is 10.5 Å². The number of fused-ring (bicyclic) bond motifs is 1. The first-order valence-corrected chi connectivity index (χ1v) is 3.28. The third-order valence-electron chi connectivity index (χ3n) is 1.53. The summed E-state index contributed by atoms with van der Waals surface area (Å²) in [6.07, 6.45) is 6.60. The summed E-state index contributed by atoms with van der Waals surface area (Å²) < 4.78 is 0. The summed E-state index contributed by atoms with van der Waals surface area (Å²) in [7, 11) is 0. The molecule has 0 bridgehead atoms. The summed E-state index contributed by atoms with van der Waals surface area (Å²) in [5, 5.41) is 6.80. The van der Waals surface area contributed by atoms with E-state index in [1.165, 1.54) is 5.57 Å². The molecule has 2 rings (SSSR count). The number of oxime groups is 1. The Balaban J connectivity index is 2.30. The zero-order valence-corrected chi connectivity index (χ0v) is 5.50. The van der Waals surface area contributed by atoms with E-state index in [-0.39, 0.29) is 0 Å². The lowest BCUT2D eigenvalue weighted by Crippen LogP contribution is -2.15. The third kappa shape index (κ3) is 0.795. The quantitative estimate of drug-likeness (QED) is 0.533. The SMILES string of the molecule is C1=NOC2=CCNC=C2C1. The van der Waals surface area contributed by atoms with Crippen molar-refractivity contribution in [2.75, 3.05) is 6.54 Å². The van der Waals surface area contributed by atoms with Crippen LogP contribution in [-0.4, -0.2) is 12.8 Å². The fourth-order valence-corrected chi connectivity index (χ4v) is 1.02. The maximum absolute atomic E-state index is 5.00. The van der Waals surface area contributed by atoms with Crippen LogP contribution in [0.4, 0.5) is 0 Å². The van der Waals surface area contributed by atoms with Gasteiger partial charge in [0.2, 0.25) is 0 Å². The van der Waals surface area contributed by atoms with E-state index in [1.54, 1.807) is 6.21 Å². The van der Waals surface area contributed by atoms with Gasteiger partial charge in [-0.25, -0.2) is 0 Å². The van der Waals surface area contributed by atoms with Crippen LogP contribution in [0.2, 0.25) is 0 Å². The standard InChI is InChI=1S/C7H8N2O/c1-4-9-10-7-2-3-8-5-6(1)7/h2,4-5,8H,1,3H2. The molecule has 0 aromatic carbocycles. The highest BCUT2D eigenvalue weighted by Gasteiger charge is 2.11. The monoisotopic (exact) mass is 136 g/mol. The molecule has 3 nitrogen and oxygen atoms in total. The van der Waals surface area contributed by atoms with Crippen LogP contribution < -0.4 is 5.32 Å². The van der Waals surface area contributed by atoms with Crippen LogP contribution in [0.5, 0.6) is 0 Å². The highest BCUT2D eigenvalue weighted by atomic mass is 16.6. The van der Waals surface area contributed by atoms with Gasteiger partial charge >= 0.3 is 0 Å². The Bertz CT molecular complexity index is 204. The molecule has 0 radical (unpaired) electrons. The largest absolute Gasteiger partial charge is 0.387 e. The number of nitrogens with one attached hydrogen (secondary N) is 1. The molecule has 1 N–H and O–H groups in total. The molecule has 2 aliphatic rings. The average molecular weight is 136 g/mol. The molecule has 0 saturated carbocycles. The van der Waals surface area contributed by atoms with E-state index in [0.29, 0.717) is 0 Å². The average Bonchev–Trinajstić information content (AvgIpc) is 2.05. The first-order valence-electron chi connectivity index (χ1n) is 3.28. The number of hydrogen-bond acceptors (Lipinski definition) is 3. The van der Waals surface area contributed by atoms with E-state index in [1.807, 2.05) is 12.3 Å². The zero-order chi connectivity index (χ0) is 6.81. The van der Waals surface area contributed by atoms with Crippen LogP contribution in [0.25, 0.3) is 0 Å². The summed E-state index contributed by atoms with van der Waals surface area (Å²) in [6, 6.07) is 0. The van der Waals surface area contributed by atoms with Crippen molar-refractivity contribution in [1.29, 1.82) is 0 Å². The summed E-state index contributed by atoms with van der Waals surface area (Å²) in [4.78, 5) is 5.00. The van der Waals surface area contributed by atoms with E-state index in [0.717, 1.165) is 18.7 Å². The normalized spacial score (nSPS) is 21.6. The molecule has 52 valence electrons. The summed E-state index contributed by atoms with van der Waals surface area (Å²) >= 11 is 0. The van der Waals surface area contributed by atoms with Crippen molar-refractivity contribution in [3.05, 3.63) is 23.6 Å². The van der Waals surface area contributed by atoms with Gasteiger partial charge in [0, 0.05) is 31.0 Å². The van der Waals surface area contributed by atoms with Gasteiger partial charge in [-0.2, -0.15) is 0 Å². The Morgan fingerprint density at radius 1 is 1.60 bits per heavy atom. The summed E-state index contributed by atoms with van der Waals surface area (Å²) in [6.45, 7) is 0.842. The molecule has 0 amide bonds. The maximum atomic E-state index is 5.00. The van der Waals surface area contributed by atoms with Gasteiger partial charge in [0.05, 0.1) is 0 Å². The van der Waals surface area contributed by atoms with Gasteiger partial charge in [-0.15, -0.1) is 0 Å². The van der Waals surface area contributed by atoms with E-state index >= 15 is 0 Å². The second-order valence-corrected chi connectivity index (χ2v) is 2.23. The summed E-state index contributed by atoms with van der Waals surface area (Å²) in [5.74, 6) is 0.904. The van der Waals surface area contributed by atoms with Crippen LogP contribution in [0.3, 0.4) is 0 Å². The van der Waals surface area contributed by atoms with Gasteiger partial charge < -0.3 is 10.2 Å². The van der Waals surface area contributed by atoms with E-state index in [4.69, 9.17) is 4.84 Å². The van der Waals surface area contributed by atoms with Crippen molar-refractivity contribution in [3.63, 3.8) is 0 Å². The molecular weight excluding hydrogens is 128 g/mol. The number of dihydropyridines is 1. The molecule has 0 aromatic heterocycles. The molecular formula is C7H8N2O. The maximum Gasteiger partial charge on any atom is 0.160 e. The fraction of sp³-hybridized carbons (Fsp3) is 0.286. The van der Waals surface area contributed by atoms with Crippen LogP contribution in [0.15, 0.2) is 28.8 Å². The molecule has 0 fully saturated rings. The van der Waals surface area contributed by atoms with Crippen molar-refractivity contribution in [2.45, 2.75) is 6.42 Å². The van der Waals surface area contributed by atoms with Crippen LogP contribution in [-0.2, 0) is 4.84 Å². The van der Waals surface area contributed by atoms with E-state index in [9.17, 15) is 0 Å². The lowest BCUT2D eigenvalue weighted by Gasteiger charge is -2.15. The zero-order valence-electron chi connectivity index (χ0n) is 5.50. The number of hydrogen-bond donors (Lipinski definition) is 1. The number of nitrogens with zero attached hydrogens (tertiary/aromatic N) is 1. The highest BCUT2D eigenvalue weighted by Crippen LogP contribution is 2.19. The lowest BCUT2D eigenvalue weighted by molar-refractivity contribution is 0.227. The Morgan fingerprint density at radius 2 is 2.60 bits per heavy atom. The Kier molecular flexibility index (Phi) is 1.20. The minimum absolute atomic E-state index is 0.842. The minimum atomic E-state index is 0.842. The third-order valence-corrected chi connectivity index (χ3v) is 1.53. The second kappa shape index (κ2) is 2.17. The smallest absolute Gasteiger partial charge is 0.160 e. The molecule has 2 aliphatic heterocycles. The fourth-order valence-electron chi connectivity index (χ4n) is 1.02. The van der Waals surface area contributed by atoms with Crippen molar-refractivity contribution < 1.29 is 4.84 Å². The van der Waals surface area contributed by atoms with Crippen molar-refractivity contribution in [1.82, 2.24) is 5.32 Å². The molecule has 0 spiro atoms. The Labute approximate surface area is 59.1 Å². The molecule has 0 aromatic rings. The van der Waals surface area contributed by atoms with Gasteiger partial charge in [0.25, 0.3) is 0 Å². The molecule has 2 heterocycles. The van der Waals surface area contributed by atoms with Crippen LogP contribution in [0, 0.1) is 0 Å². The molecule has 0 aliphatic carbocycles. The molecule has 0 atom stereocenters. The predicted octanol–water partition coefficient (Wildman–Crippen LogP) is 0.764.